The number of imidazole rings is 2. The number of H-pyrrole nitrogens is 1. The van der Waals surface area contributed by atoms with Gasteiger partial charge in [0.1, 0.15) is 17.7 Å². The number of benzene rings is 1. The molecular formula is C23H28N8O3. The van der Waals surface area contributed by atoms with Crippen molar-refractivity contribution in [3.63, 3.8) is 0 Å². The van der Waals surface area contributed by atoms with Crippen molar-refractivity contribution < 1.29 is 15.0 Å². The number of nitrogens with one attached hydrogen (secondary N) is 1. The van der Waals surface area contributed by atoms with Gasteiger partial charge in [-0.3, -0.25) is 4.79 Å². The predicted octanol–water partition coefficient (Wildman–Crippen LogP) is 1.61. The van der Waals surface area contributed by atoms with E-state index in [1.807, 2.05) is 19.9 Å². The number of aliphatic hydroxyl groups excluding tert-OH is 1. The summed E-state index contributed by atoms with van der Waals surface area (Å²) < 4.78 is 1.71. The molecule has 0 aliphatic carbocycles. The number of nitrogens with two attached hydrogens (primary N) is 1. The first-order valence-electron chi connectivity index (χ1n) is 11.3. The normalized spacial score (nSPS) is 23.6. The van der Waals surface area contributed by atoms with Crippen LogP contribution in [0.2, 0.25) is 0 Å². The number of hydrogen-bond acceptors (Lipinski definition) is 8. The molecule has 5 N–H and O–H groups in total. The standard InChI is InChI=1S/C23H28N8O3/c1-12(2)20-28-15-5-4-13(6-16(15)29-20)22(33)30-8-14(32)7-23(3,34)17(9-30)31-11-27-18-19(24)25-10-26-21(18)31/h4-6,10-12,14,17,32,34H,7-9H2,1-3H3,(H,28,29)(H2,24,25,26)/t14-,17+,23+/m1/s1. The zero-order valence-electron chi connectivity index (χ0n) is 19.3. The summed E-state index contributed by atoms with van der Waals surface area (Å²) in [5.74, 6) is 1.08. The van der Waals surface area contributed by atoms with Crippen LogP contribution in [0.5, 0.6) is 0 Å². The number of β-amino-alcohol motifs (C(OH)–C–C–N with tert-alkyl or cyclic N) is 1. The third-order valence-corrected chi connectivity index (χ3v) is 6.50. The van der Waals surface area contributed by atoms with Gasteiger partial charge in [-0.1, -0.05) is 13.8 Å². The molecular weight excluding hydrogens is 436 g/mol. The van der Waals surface area contributed by atoms with Crippen LogP contribution < -0.4 is 5.73 Å². The first-order chi connectivity index (χ1) is 16.1. The number of aliphatic hydroxyl groups is 2. The number of hydrogen-bond donors (Lipinski definition) is 4. The van der Waals surface area contributed by atoms with Crippen molar-refractivity contribution in [3.05, 3.63) is 42.2 Å². The van der Waals surface area contributed by atoms with Crippen LogP contribution in [0.4, 0.5) is 5.82 Å². The van der Waals surface area contributed by atoms with Gasteiger partial charge >= 0.3 is 0 Å². The minimum absolute atomic E-state index is 0.0824. The molecule has 0 saturated carbocycles. The van der Waals surface area contributed by atoms with Crippen molar-refractivity contribution in [1.29, 1.82) is 0 Å². The second-order valence-corrected chi connectivity index (χ2v) is 9.53. The van der Waals surface area contributed by atoms with E-state index in [1.54, 1.807) is 34.9 Å². The second kappa shape index (κ2) is 8.03. The van der Waals surface area contributed by atoms with E-state index in [9.17, 15) is 15.0 Å². The molecule has 3 atom stereocenters. The summed E-state index contributed by atoms with van der Waals surface area (Å²) in [6.07, 6.45) is 2.06. The van der Waals surface area contributed by atoms with E-state index >= 15 is 0 Å². The fraction of sp³-hybridized carbons (Fsp3) is 0.435. The number of amides is 1. The topological polar surface area (TPSA) is 159 Å². The Bertz CT molecular complexity index is 1380. The molecule has 1 saturated heterocycles. The van der Waals surface area contributed by atoms with Crippen LogP contribution in [0.1, 0.15) is 55.3 Å². The molecule has 1 aromatic carbocycles. The number of nitrogen functional groups attached to an aromatic ring is 1. The van der Waals surface area contributed by atoms with E-state index < -0.39 is 17.7 Å². The Hall–Kier alpha value is -3.57. The highest BCUT2D eigenvalue weighted by atomic mass is 16.3. The zero-order valence-corrected chi connectivity index (χ0v) is 19.3. The lowest BCUT2D eigenvalue weighted by atomic mass is 9.91. The smallest absolute Gasteiger partial charge is 0.254 e. The van der Waals surface area contributed by atoms with Gasteiger partial charge in [0.15, 0.2) is 11.5 Å². The van der Waals surface area contributed by atoms with E-state index in [-0.39, 0.29) is 37.2 Å². The Morgan fingerprint density at radius 3 is 2.82 bits per heavy atom. The minimum atomic E-state index is -1.33. The van der Waals surface area contributed by atoms with Gasteiger partial charge in [0.25, 0.3) is 5.91 Å². The number of fused-ring (bicyclic) bond motifs is 2. The molecule has 11 nitrogen and oxygen atoms in total. The number of likely N-dealkylation sites (tertiary alicyclic amines) is 1. The van der Waals surface area contributed by atoms with Gasteiger partial charge in [-0.25, -0.2) is 19.9 Å². The van der Waals surface area contributed by atoms with Crippen molar-refractivity contribution in [2.45, 2.75) is 50.9 Å². The summed E-state index contributed by atoms with van der Waals surface area (Å²) in [5.41, 5.74) is 7.53. The predicted molar refractivity (Wildman–Crippen MR) is 126 cm³/mol. The molecule has 3 aromatic heterocycles. The van der Waals surface area contributed by atoms with Crippen molar-refractivity contribution >= 4 is 33.9 Å². The molecule has 1 fully saturated rings. The summed E-state index contributed by atoms with van der Waals surface area (Å²) in [4.78, 5) is 35.5. The molecule has 0 radical (unpaired) electrons. The van der Waals surface area contributed by atoms with Crippen LogP contribution in [0.3, 0.4) is 0 Å². The van der Waals surface area contributed by atoms with E-state index in [0.717, 1.165) is 16.9 Å². The quantitative estimate of drug-likeness (QED) is 0.356. The highest BCUT2D eigenvalue weighted by Crippen LogP contribution is 2.34. The number of anilines is 1. The third kappa shape index (κ3) is 3.76. The molecule has 0 unspecified atom stereocenters. The van der Waals surface area contributed by atoms with Gasteiger partial charge in [-0.2, -0.15) is 0 Å². The van der Waals surface area contributed by atoms with Crippen LogP contribution in [0.25, 0.3) is 22.2 Å². The summed E-state index contributed by atoms with van der Waals surface area (Å²) in [6, 6.07) is 4.72. The Balaban J connectivity index is 1.51. The van der Waals surface area contributed by atoms with E-state index in [2.05, 4.69) is 24.9 Å². The summed E-state index contributed by atoms with van der Waals surface area (Å²) in [6.45, 7) is 5.99. The van der Waals surface area contributed by atoms with Crippen LogP contribution in [0.15, 0.2) is 30.9 Å². The largest absolute Gasteiger partial charge is 0.391 e. The molecule has 5 rings (SSSR count). The maximum absolute atomic E-state index is 13.6. The van der Waals surface area contributed by atoms with Gasteiger partial charge in [0.2, 0.25) is 0 Å². The minimum Gasteiger partial charge on any atom is -0.391 e. The van der Waals surface area contributed by atoms with Crippen molar-refractivity contribution in [3.8, 4) is 0 Å². The number of nitrogens with zero attached hydrogens (tertiary/aromatic N) is 6. The van der Waals surface area contributed by atoms with Crippen LogP contribution in [-0.4, -0.2) is 75.3 Å². The lowest BCUT2D eigenvalue weighted by molar-refractivity contribution is -0.0217. The molecule has 0 spiro atoms. The Kier molecular flexibility index (Phi) is 5.25. The molecule has 1 aliphatic heterocycles. The molecule has 1 amide bonds. The molecule has 1 aliphatic rings. The number of carbonyl (C=O) groups excluding carboxylic acids is 1. The lowest BCUT2D eigenvalue weighted by Gasteiger charge is -2.34. The number of rotatable bonds is 3. The Morgan fingerprint density at radius 1 is 1.26 bits per heavy atom. The maximum atomic E-state index is 13.6. The van der Waals surface area contributed by atoms with Crippen LogP contribution in [0, 0.1) is 0 Å². The lowest BCUT2D eigenvalue weighted by Crippen LogP contribution is -2.42. The van der Waals surface area contributed by atoms with Crippen LogP contribution in [-0.2, 0) is 0 Å². The highest BCUT2D eigenvalue weighted by molar-refractivity contribution is 5.97. The molecule has 4 heterocycles. The van der Waals surface area contributed by atoms with Crippen molar-refractivity contribution in [2.24, 2.45) is 0 Å². The maximum Gasteiger partial charge on any atom is 0.254 e. The van der Waals surface area contributed by atoms with Gasteiger partial charge < -0.3 is 30.4 Å². The molecule has 178 valence electrons. The summed E-state index contributed by atoms with van der Waals surface area (Å²) in [7, 11) is 0. The third-order valence-electron chi connectivity index (χ3n) is 6.50. The molecule has 0 bridgehead atoms. The first kappa shape index (κ1) is 22.2. The van der Waals surface area contributed by atoms with Gasteiger partial charge in [-0.05, 0) is 25.1 Å². The Labute approximate surface area is 195 Å². The molecule has 11 heteroatoms. The summed E-state index contributed by atoms with van der Waals surface area (Å²) in [5, 5.41) is 22.0. The number of carbonyl (C=O) groups is 1. The van der Waals surface area contributed by atoms with Gasteiger partial charge in [0.05, 0.1) is 35.1 Å². The van der Waals surface area contributed by atoms with E-state index in [4.69, 9.17) is 5.73 Å². The zero-order chi connectivity index (χ0) is 24.2. The molecule has 34 heavy (non-hydrogen) atoms. The SMILES string of the molecule is CC(C)c1nc2ccc(C(=O)N3C[C@H](O)C[C@](C)(O)[C@@H](n4cnc5c(N)ncnc54)C3)cc2[nH]1. The monoisotopic (exact) mass is 464 g/mol. The second-order valence-electron chi connectivity index (χ2n) is 9.53. The fourth-order valence-corrected chi connectivity index (χ4v) is 4.68. The fourth-order valence-electron chi connectivity index (χ4n) is 4.68. The van der Waals surface area contributed by atoms with Gasteiger partial charge in [0, 0.05) is 31.0 Å². The van der Waals surface area contributed by atoms with E-state index in [1.165, 1.54) is 6.33 Å². The average Bonchev–Trinajstić information content (AvgIpc) is 3.37. The summed E-state index contributed by atoms with van der Waals surface area (Å²) >= 11 is 0. The van der Waals surface area contributed by atoms with Crippen LogP contribution >= 0.6 is 0 Å². The number of aromatic nitrogens is 6. The van der Waals surface area contributed by atoms with Gasteiger partial charge in [-0.15, -0.1) is 0 Å². The average molecular weight is 465 g/mol. The Morgan fingerprint density at radius 2 is 2.06 bits per heavy atom. The molecule has 4 aromatic rings. The highest BCUT2D eigenvalue weighted by Gasteiger charge is 2.42. The van der Waals surface area contributed by atoms with Crippen molar-refractivity contribution in [1.82, 2.24) is 34.4 Å². The van der Waals surface area contributed by atoms with Crippen molar-refractivity contribution in [2.75, 3.05) is 18.8 Å². The first-order valence-corrected chi connectivity index (χ1v) is 11.3. The number of aromatic amines is 1. The van der Waals surface area contributed by atoms with E-state index in [0.29, 0.717) is 16.7 Å².